The van der Waals surface area contributed by atoms with E-state index in [-0.39, 0.29) is 16.0 Å². The van der Waals surface area contributed by atoms with Gasteiger partial charge in [0.15, 0.2) is 0 Å². The number of fused-ring (bicyclic) bond motifs is 4. The molecule has 1 fully saturated rings. The molecule has 2 aliphatic rings. The summed E-state index contributed by atoms with van der Waals surface area (Å²) in [5.41, 5.74) is 4.60. The van der Waals surface area contributed by atoms with Crippen LogP contribution in [0.15, 0.2) is 55.1 Å². The van der Waals surface area contributed by atoms with Gasteiger partial charge in [-0.2, -0.15) is 0 Å². The Morgan fingerprint density at radius 1 is 1.35 bits per heavy atom. The van der Waals surface area contributed by atoms with Gasteiger partial charge in [-0.05, 0) is 61.1 Å². The van der Waals surface area contributed by atoms with Gasteiger partial charge in [-0.3, -0.25) is 15.0 Å². The Morgan fingerprint density at radius 2 is 2.19 bits per heavy atom. The molecule has 6 nitrogen and oxygen atoms in total. The molecule has 3 aromatic rings. The van der Waals surface area contributed by atoms with Crippen LogP contribution in [0, 0.1) is 16.0 Å². The number of nitrogens with zero attached hydrogens (tertiary/aromatic N) is 2. The number of nitrogens with one attached hydrogen (secondary N) is 1. The van der Waals surface area contributed by atoms with Gasteiger partial charge in [-0.1, -0.05) is 24.3 Å². The van der Waals surface area contributed by atoms with Crippen molar-refractivity contribution in [3.05, 3.63) is 82.1 Å². The van der Waals surface area contributed by atoms with E-state index in [0.717, 1.165) is 66.8 Å². The zero-order chi connectivity index (χ0) is 21.6. The topological polar surface area (TPSA) is 71.4 Å². The first-order valence-electron chi connectivity index (χ1n) is 10.8. The lowest BCUT2D eigenvalue weighted by molar-refractivity contribution is -0.383. The van der Waals surface area contributed by atoms with Gasteiger partial charge in [-0.25, -0.2) is 0 Å². The number of hydrogen-bond acceptors (Lipinski definition) is 4. The molecule has 2 atom stereocenters. The van der Waals surface area contributed by atoms with Crippen molar-refractivity contribution in [3.8, 4) is 5.75 Å². The van der Waals surface area contributed by atoms with Crippen molar-refractivity contribution >= 4 is 16.6 Å². The number of nitro groups is 1. The second-order valence-electron chi connectivity index (χ2n) is 8.80. The maximum atomic E-state index is 11.7. The van der Waals surface area contributed by atoms with Crippen LogP contribution >= 0.6 is 0 Å². The van der Waals surface area contributed by atoms with Gasteiger partial charge in [-0.15, -0.1) is 6.58 Å². The molecule has 5 rings (SSSR count). The van der Waals surface area contributed by atoms with Gasteiger partial charge < -0.3 is 9.72 Å². The summed E-state index contributed by atoms with van der Waals surface area (Å²) in [5.74, 6) is 1.23. The second kappa shape index (κ2) is 7.54. The SMILES string of the molecule is C=CCN1CC[C@]2(c3cccc(OC)c3)Cc3[nH]c4cccc([N+](=O)[O-])c4c3CC2C1. The lowest BCUT2D eigenvalue weighted by Gasteiger charge is -2.51. The van der Waals surface area contributed by atoms with Crippen LogP contribution in [0.5, 0.6) is 5.75 Å². The average molecular weight is 418 g/mol. The minimum atomic E-state index is -0.259. The first-order valence-corrected chi connectivity index (χ1v) is 10.8. The van der Waals surface area contributed by atoms with Gasteiger partial charge >= 0.3 is 0 Å². The molecule has 1 aromatic heterocycles. The van der Waals surface area contributed by atoms with Crippen molar-refractivity contribution in [2.45, 2.75) is 24.7 Å². The Bertz CT molecular complexity index is 1170. The van der Waals surface area contributed by atoms with Crippen LogP contribution in [-0.2, 0) is 18.3 Å². The van der Waals surface area contributed by atoms with Gasteiger partial charge in [0.05, 0.1) is 22.9 Å². The predicted octanol–water partition coefficient (Wildman–Crippen LogP) is 4.63. The van der Waals surface area contributed by atoms with Crippen LogP contribution in [-0.4, -0.2) is 41.6 Å². The van der Waals surface area contributed by atoms with E-state index in [9.17, 15) is 10.1 Å². The molecule has 0 saturated carbocycles. The molecular formula is C25H27N3O3. The fourth-order valence-corrected chi connectivity index (χ4v) is 5.84. The summed E-state index contributed by atoms with van der Waals surface area (Å²) in [6.07, 6.45) is 4.68. The first kappa shape index (κ1) is 19.8. The van der Waals surface area contributed by atoms with Crippen LogP contribution in [0.3, 0.4) is 0 Å². The minimum Gasteiger partial charge on any atom is -0.497 e. The molecule has 31 heavy (non-hydrogen) atoms. The largest absolute Gasteiger partial charge is 0.497 e. The van der Waals surface area contributed by atoms with Crippen molar-refractivity contribution in [3.63, 3.8) is 0 Å². The van der Waals surface area contributed by atoms with Gasteiger partial charge in [0.25, 0.3) is 5.69 Å². The Kier molecular flexibility index (Phi) is 4.82. The van der Waals surface area contributed by atoms with Crippen molar-refractivity contribution in [1.29, 1.82) is 0 Å². The quantitative estimate of drug-likeness (QED) is 0.373. The number of aromatic amines is 1. The third-order valence-electron chi connectivity index (χ3n) is 7.30. The molecule has 160 valence electrons. The number of nitro benzene ring substituents is 1. The maximum Gasteiger partial charge on any atom is 0.279 e. The molecule has 0 spiro atoms. The molecule has 1 saturated heterocycles. The van der Waals surface area contributed by atoms with Crippen molar-refractivity contribution in [1.82, 2.24) is 9.88 Å². The minimum absolute atomic E-state index is 0.0190. The van der Waals surface area contributed by atoms with E-state index in [2.05, 4.69) is 34.7 Å². The summed E-state index contributed by atoms with van der Waals surface area (Å²) >= 11 is 0. The summed E-state index contributed by atoms with van der Waals surface area (Å²) in [7, 11) is 1.71. The van der Waals surface area contributed by atoms with E-state index >= 15 is 0 Å². The highest BCUT2D eigenvalue weighted by atomic mass is 16.6. The standard InChI is InChI=1S/C25H27N3O3/c1-3-11-27-12-10-25(17-6-4-7-19(13-17)31-2)15-22-20(14-18(25)16-27)24-21(26-22)8-5-9-23(24)28(29)30/h3-9,13,18,26H,1,10-12,14-16H2,2H3/t18?,25-/m1/s1. The van der Waals surface area contributed by atoms with Crippen LogP contribution in [0.25, 0.3) is 10.9 Å². The molecule has 1 unspecified atom stereocenters. The fraction of sp³-hybridized carbons (Fsp3) is 0.360. The van der Waals surface area contributed by atoms with Crippen molar-refractivity contribution < 1.29 is 9.66 Å². The summed E-state index contributed by atoms with van der Waals surface area (Å²) in [6.45, 7) is 6.75. The smallest absolute Gasteiger partial charge is 0.279 e. The van der Waals surface area contributed by atoms with E-state index in [1.54, 1.807) is 19.2 Å². The molecule has 0 amide bonds. The number of benzene rings is 2. The Hall–Kier alpha value is -3.12. The molecule has 1 N–H and O–H groups in total. The number of piperidine rings is 1. The number of rotatable bonds is 5. The summed E-state index contributed by atoms with van der Waals surface area (Å²) in [5, 5.41) is 12.5. The summed E-state index contributed by atoms with van der Waals surface area (Å²) in [6, 6.07) is 13.8. The monoisotopic (exact) mass is 417 g/mol. The van der Waals surface area contributed by atoms with Crippen LogP contribution < -0.4 is 4.74 Å². The van der Waals surface area contributed by atoms with Crippen LogP contribution in [0.1, 0.15) is 23.2 Å². The molecule has 6 heteroatoms. The number of non-ortho nitro benzene ring substituents is 1. The third kappa shape index (κ3) is 3.13. The molecule has 1 aliphatic carbocycles. The zero-order valence-corrected chi connectivity index (χ0v) is 17.8. The van der Waals surface area contributed by atoms with Crippen molar-refractivity contribution in [2.75, 3.05) is 26.7 Å². The number of hydrogen-bond donors (Lipinski definition) is 1. The van der Waals surface area contributed by atoms with E-state index in [1.165, 1.54) is 5.56 Å². The number of ether oxygens (including phenoxy) is 1. The van der Waals surface area contributed by atoms with Crippen molar-refractivity contribution in [2.24, 2.45) is 5.92 Å². The summed E-state index contributed by atoms with van der Waals surface area (Å²) < 4.78 is 5.53. The molecular weight excluding hydrogens is 390 g/mol. The first-order chi connectivity index (χ1) is 15.1. The van der Waals surface area contributed by atoms with Crippen LogP contribution in [0.4, 0.5) is 5.69 Å². The lowest BCUT2D eigenvalue weighted by Crippen LogP contribution is -2.53. The number of likely N-dealkylation sites (tertiary alicyclic amines) is 1. The lowest BCUT2D eigenvalue weighted by atomic mass is 9.58. The zero-order valence-electron chi connectivity index (χ0n) is 17.8. The third-order valence-corrected chi connectivity index (χ3v) is 7.30. The van der Waals surface area contributed by atoms with Gasteiger partial charge in [0.2, 0.25) is 0 Å². The van der Waals surface area contributed by atoms with Crippen LogP contribution in [0.2, 0.25) is 0 Å². The predicted molar refractivity (Wildman–Crippen MR) is 122 cm³/mol. The normalized spacial score (nSPS) is 23.2. The molecule has 0 radical (unpaired) electrons. The average Bonchev–Trinajstić information content (AvgIpc) is 3.14. The van der Waals surface area contributed by atoms with E-state index in [1.807, 2.05) is 18.2 Å². The molecule has 0 bridgehead atoms. The van der Waals surface area contributed by atoms with E-state index in [0.29, 0.717) is 5.92 Å². The second-order valence-corrected chi connectivity index (χ2v) is 8.80. The number of aromatic nitrogens is 1. The Balaban J connectivity index is 1.66. The van der Waals surface area contributed by atoms with E-state index in [4.69, 9.17) is 4.74 Å². The molecule has 2 heterocycles. The number of methoxy groups -OCH3 is 1. The molecule has 2 aromatic carbocycles. The highest BCUT2D eigenvalue weighted by Crippen LogP contribution is 2.50. The van der Waals surface area contributed by atoms with Gasteiger partial charge in [0.1, 0.15) is 5.75 Å². The highest BCUT2D eigenvalue weighted by Gasteiger charge is 2.48. The Labute approximate surface area is 181 Å². The van der Waals surface area contributed by atoms with Gasteiger partial charge in [0, 0.05) is 30.3 Å². The fourth-order valence-electron chi connectivity index (χ4n) is 5.84. The molecule has 1 aliphatic heterocycles. The van der Waals surface area contributed by atoms with E-state index < -0.39 is 0 Å². The summed E-state index contributed by atoms with van der Waals surface area (Å²) in [4.78, 5) is 17.5. The number of H-pyrrole nitrogens is 1. The maximum absolute atomic E-state index is 11.7. The highest BCUT2D eigenvalue weighted by molar-refractivity contribution is 5.93. The Morgan fingerprint density at radius 3 is 2.97 bits per heavy atom.